The minimum Gasteiger partial charge on any atom is -0.481 e. The first-order valence-corrected chi connectivity index (χ1v) is 7.33. The van der Waals surface area contributed by atoms with Crippen LogP contribution >= 0.6 is 15.9 Å². The van der Waals surface area contributed by atoms with E-state index in [0.29, 0.717) is 11.8 Å². The second-order valence-electron chi connectivity index (χ2n) is 4.76. The van der Waals surface area contributed by atoms with Crippen molar-refractivity contribution in [3.8, 4) is 5.88 Å². The molecule has 0 amide bonds. The maximum absolute atomic E-state index is 6.07. The number of nitrogen functional groups attached to an aromatic ring is 1. The highest BCUT2D eigenvalue weighted by atomic mass is 79.9. The Balaban J connectivity index is 2.14. The molecule has 1 atom stereocenters. The normalized spacial score (nSPS) is 12.5. The third kappa shape index (κ3) is 2.47. The van der Waals surface area contributed by atoms with Crippen LogP contribution in [-0.4, -0.2) is 21.6 Å². The van der Waals surface area contributed by atoms with E-state index < -0.39 is 0 Å². The molecule has 2 N–H and O–H groups in total. The standard InChI is InChI=1S/C15H15BrN4O/c1-9(10-3-5-11(16)6-4-10)20-14-12(18-15(20)17)7-8-13(19-14)21-2/h3-9H,1-2H3,(H2,17,18). The number of anilines is 1. The zero-order valence-corrected chi connectivity index (χ0v) is 13.3. The maximum atomic E-state index is 6.07. The smallest absolute Gasteiger partial charge is 0.215 e. The summed E-state index contributed by atoms with van der Waals surface area (Å²) in [4.78, 5) is 8.83. The molecule has 108 valence electrons. The number of methoxy groups -OCH3 is 1. The first-order valence-electron chi connectivity index (χ1n) is 6.54. The monoisotopic (exact) mass is 346 g/mol. The van der Waals surface area contributed by atoms with Gasteiger partial charge in [-0.05, 0) is 30.7 Å². The van der Waals surface area contributed by atoms with E-state index in [1.54, 1.807) is 13.2 Å². The second kappa shape index (κ2) is 5.37. The fraction of sp³-hybridized carbons (Fsp3) is 0.200. The Morgan fingerprint density at radius 3 is 2.52 bits per heavy atom. The van der Waals surface area contributed by atoms with E-state index in [9.17, 15) is 0 Å². The highest BCUT2D eigenvalue weighted by Gasteiger charge is 2.17. The third-order valence-corrected chi connectivity index (χ3v) is 4.02. The molecule has 1 unspecified atom stereocenters. The molecule has 1 aromatic carbocycles. The van der Waals surface area contributed by atoms with Crippen molar-refractivity contribution in [2.45, 2.75) is 13.0 Å². The number of fused-ring (bicyclic) bond motifs is 1. The summed E-state index contributed by atoms with van der Waals surface area (Å²) in [6.07, 6.45) is 0. The number of nitrogens with two attached hydrogens (primary N) is 1. The Bertz CT molecular complexity index is 782. The summed E-state index contributed by atoms with van der Waals surface area (Å²) in [5, 5.41) is 0. The summed E-state index contributed by atoms with van der Waals surface area (Å²) in [6.45, 7) is 2.07. The molecule has 5 nitrogen and oxygen atoms in total. The first kappa shape index (κ1) is 13.9. The molecule has 21 heavy (non-hydrogen) atoms. The van der Waals surface area contributed by atoms with Crippen LogP contribution in [0.3, 0.4) is 0 Å². The molecule has 0 bridgehead atoms. The molecule has 0 radical (unpaired) electrons. The van der Waals surface area contributed by atoms with Crippen molar-refractivity contribution < 1.29 is 4.74 Å². The van der Waals surface area contributed by atoms with Crippen LogP contribution in [0.5, 0.6) is 5.88 Å². The molecule has 6 heteroatoms. The van der Waals surface area contributed by atoms with E-state index in [-0.39, 0.29) is 6.04 Å². The number of ether oxygens (including phenoxy) is 1. The SMILES string of the molecule is COc1ccc2nc(N)n(C(C)c3ccc(Br)cc3)c2n1. The molecule has 0 saturated heterocycles. The van der Waals surface area contributed by atoms with Crippen LogP contribution in [-0.2, 0) is 0 Å². The van der Waals surface area contributed by atoms with Gasteiger partial charge in [-0.2, -0.15) is 4.98 Å². The van der Waals surface area contributed by atoms with Crippen molar-refractivity contribution in [3.05, 3.63) is 46.4 Å². The van der Waals surface area contributed by atoms with Crippen LogP contribution in [0.4, 0.5) is 5.95 Å². The molecule has 2 aromatic heterocycles. The molecule has 3 rings (SSSR count). The van der Waals surface area contributed by atoms with Crippen LogP contribution in [0, 0.1) is 0 Å². The van der Waals surface area contributed by atoms with Gasteiger partial charge in [0.1, 0.15) is 5.52 Å². The largest absolute Gasteiger partial charge is 0.481 e. The average molecular weight is 347 g/mol. The van der Waals surface area contributed by atoms with Crippen LogP contribution in [0.25, 0.3) is 11.2 Å². The van der Waals surface area contributed by atoms with Gasteiger partial charge in [-0.25, -0.2) is 4.98 Å². The zero-order valence-electron chi connectivity index (χ0n) is 11.7. The van der Waals surface area contributed by atoms with Gasteiger partial charge in [-0.3, -0.25) is 4.57 Å². The zero-order chi connectivity index (χ0) is 15.0. The third-order valence-electron chi connectivity index (χ3n) is 3.49. The van der Waals surface area contributed by atoms with Crippen molar-refractivity contribution in [1.29, 1.82) is 0 Å². The van der Waals surface area contributed by atoms with Gasteiger partial charge in [-0.1, -0.05) is 28.1 Å². The lowest BCUT2D eigenvalue weighted by atomic mass is 10.1. The van der Waals surface area contributed by atoms with E-state index >= 15 is 0 Å². The molecule has 2 heterocycles. The molecule has 3 aromatic rings. The number of halogens is 1. The number of aromatic nitrogens is 3. The topological polar surface area (TPSA) is 66.0 Å². The summed E-state index contributed by atoms with van der Waals surface area (Å²) in [7, 11) is 1.59. The maximum Gasteiger partial charge on any atom is 0.215 e. The number of rotatable bonds is 3. The van der Waals surface area contributed by atoms with E-state index in [0.717, 1.165) is 21.2 Å². The molecule has 0 aliphatic carbocycles. The second-order valence-corrected chi connectivity index (χ2v) is 5.68. The van der Waals surface area contributed by atoms with Gasteiger partial charge in [-0.15, -0.1) is 0 Å². The molecule has 0 spiro atoms. The number of hydrogen-bond acceptors (Lipinski definition) is 4. The molecule has 0 aliphatic heterocycles. The first-order chi connectivity index (χ1) is 10.1. The quantitative estimate of drug-likeness (QED) is 0.789. The summed E-state index contributed by atoms with van der Waals surface area (Å²) in [5.74, 6) is 0.993. The Morgan fingerprint density at radius 1 is 1.14 bits per heavy atom. The number of hydrogen-bond donors (Lipinski definition) is 1. The van der Waals surface area contributed by atoms with Crippen molar-refractivity contribution in [2.75, 3.05) is 12.8 Å². The Kier molecular flexibility index (Phi) is 3.55. The summed E-state index contributed by atoms with van der Waals surface area (Å²) >= 11 is 3.44. The lowest BCUT2D eigenvalue weighted by Crippen LogP contribution is -2.10. The van der Waals surface area contributed by atoms with Crippen molar-refractivity contribution in [3.63, 3.8) is 0 Å². The molecule has 0 aliphatic rings. The van der Waals surface area contributed by atoms with E-state index in [4.69, 9.17) is 10.5 Å². The van der Waals surface area contributed by atoms with Gasteiger partial charge < -0.3 is 10.5 Å². The van der Waals surface area contributed by atoms with Crippen molar-refractivity contribution in [2.24, 2.45) is 0 Å². The Morgan fingerprint density at radius 2 is 1.86 bits per heavy atom. The molecule has 0 fully saturated rings. The Labute approximate surface area is 130 Å². The van der Waals surface area contributed by atoms with Gasteiger partial charge in [0.15, 0.2) is 5.65 Å². The predicted molar refractivity (Wildman–Crippen MR) is 86.4 cm³/mol. The summed E-state index contributed by atoms with van der Waals surface area (Å²) < 4.78 is 8.15. The lowest BCUT2D eigenvalue weighted by Gasteiger charge is -2.16. The van der Waals surface area contributed by atoms with Gasteiger partial charge in [0.05, 0.1) is 13.2 Å². The minimum absolute atomic E-state index is 0.0303. The highest BCUT2D eigenvalue weighted by Crippen LogP contribution is 2.28. The minimum atomic E-state index is 0.0303. The van der Waals surface area contributed by atoms with Crippen LogP contribution in [0.15, 0.2) is 40.9 Å². The highest BCUT2D eigenvalue weighted by molar-refractivity contribution is 9.10. The van der Waals surface area contributed by atoms with Crippen molar-refractivity contribution >= 4 is 33.0 Å². The summed E-state index contributed by atoms with van der Waals surface area (Å²) in [6, 6.07) is 11.8. The van der Waals surface area contributed by atoms with E-state index in [2.05, 4.69) is 45.0 Å². The fourth-order valence-electron chi connectivity index (χ4n) is 2.36. The average Bonchev–Trinajstić information content (AvgIpc) is 2.82. The van der Waals surface area contributed by atoms with Crippen LogP contribution in [0.1, 0.15) is 18.5 Å². The fourth-order valence-corrected chi connectivity index (χ4v) is 2.62. The van der Waals surface area contributed by atoms with Gasteiger partial charge in [0.2, 0.25) is 11.8 Å². The van der Waals surface area contributed by atoms with E-state index in [1.807, 2.05) is 22.8 Å². The number of benzene rings is 1. The van der Waals surface area contributed by atoms with Gasteiger partial charge >= 0.3 is 0 Å². The van der Waals surface area contributed by atoms with Crippen molar-refractivity contribution in [1.82, 2.24) is 14.5 Å². The number of imidazole rings is 1. The number of pyridine rings is 1. The summed E-state index contributed by atoms with van der Waals surface area (Å²) in [5.41, 5.74) is 8.69. The predicted octanol–water partition coefficient (Wildman–Crippen LogP) is 3.39. The molecule has 0 saturated carbocycles. The van der Waals surface area contributed by atoms with Gasteiger partial charge in [0, 0.05) is 10.5 Å². The van der Waals surface area contributed by atoms with Crippen LogP contribution in [0.2, 0.25) is 0 Å². The lowest BCUT2D eigenvalue weighted by molar-refractivity contribution is 0.399. The molecular weight excluding hydrogens is 332 g/mol. The molecular formula is C15H15BrN4O. The van der Waals surface area contributed by atoms with Crippen LogP contribution < -0.4 is 10.5 Å². The Hall–Kier alpha value is -2.08. The van der Waals surface area contributed by atoms with E-state index in [1.165, 1.54) is 0 Å². The number of nitrogens with zero attached hydrogens (tertiary/aromatic N) is 3. The van der Waals surface area contributed by atoms with Gasteiger partial charge in [0.25, 0.3) is 0 Å².